The number of likely N-dealkylation sites (tertiary alicyclic amines) is 3. The van der Waals surface area contributed by atoms with E-state index in [1.807, 2.05) is 0 Å². The minimum absolute atomic E-state index is 0.303. The Morgan fingerprint density at radius 3 is 2.10 bits per heavy atom. The molecule has 0 aromatic rings. The molecule has 3 saturated heterocycles. The van der Waals surface area contributed by atoms with Gasteiger partial charge in [-0.25, -0.2) is 0 Å². The first-order chi connectivity index (χ1) is 9.63. The van der Waals surface area contributed by atoms with Gasteiger partial charge in [0.25, 0.3) is 0 Å². The molecule has 4 heteroatoms. The number of rotatable bonds is 2. The Bertz CT molecular complexity index is 338. The summed E-state index contributed by atoms with van der Waals surface area (Å²) in [5.41, 5.74) is 0. The maximum absolute atomic E-state index is 12.6. The number of amides is 1. The second-order valence-corrected chi connectivity index (χ2v) is 7.19. The fourth-order valence-electron chi connectivity index (χ4n) is 3.90. The molecule has 0 aliphatic carbocycles. The number of likely N-dealkylation sites (N-methyl/N-ethyl adjacent to an activating group) is 1. The highest BCUT2D eigenvalue weighted by Crippen LogP contribution is 2.26. The minimum Gasteiger partial charge on any atom is -0.342 e. The molecule has 3 rings (SSSR count). The van der Waals surface area contributed by atoms with E-state index in [-0.39, 0.29) is 0 Å². The minimum atomic E-state index is 0.303. The second kappa shape index (κ2) is 6.02. The Morgan fingerprint density at radius 2 is 1.55 bits per heavy atom. The monoisotopic (exact) mass is 279 g/mol. The van der Waals surface area contributed by atoms with Gasteiger partial charge < -0.3 is 9.80 Å². The Hall–Kier alpha value is -0.610. The molecule has 0 radical (unpaired) electrons. The normalized spacial score (nSPS) is 28.6. The molecule has 3 fully saturated rings. The van der Waals surface area contributed by atoms with Crippen LogP contribution in [-0.2, 0) is 4.79 Å². The number of nitrogens with zero attached hydrogens (tertiary/aromatic N) is 3. The van der Waals surface area contributed by atoms with Gasteiger partial charge in [0.05, 0.1) is 0 Å². The summed E-state index contributed by atoms with van der Waals surface area (Å²) < 4.78 is 0. The molecule has 0 atom stereocenters. The van der Waals surface area contributed by atoms with Crippen molar-refractivity contribution in [1.29, 1.82) is 0 Å². The summed E-state index contributed by atoms with van der Waals surface area (Å²) in [6, 6.07) is 0.756. The van der Waals surface area contributed by atoms with Crippen molar-refractivity contribution in [3.63, 3.8) is 0 Å². The van der Waals surface area contributed by atoms with E-state index in [4.69, 9.17) is 0 Å². The first kappa shape index (κ1) is 14.3. The van der Waals surface area contributed by atoms with E-state index in [9.17, 15) is 4.79 Å². The van der Waals surface area contributed by atoms with Gasteiger partial charge in [-0.05, 0) is 51.7 Å². The SMILES string of the molecule is CC1CCN(C(=O)C2CCN(C3CN(C)C3)CC2)CC1. The number of carbonyl (C=O) groups is 1. The van der Waals surface area contributed by atoms with Gasteiger partial charge in [-0.3, -0.25) is 9.69 Å². The van der Waals surface area contributed by atoms with Crippen molar-refractivity contribution in [1.82, 2.24) is 14.7 Å². The van der Waals surface area contributed by atoms with Crippen molar-refractivity contribution >= 4 is 5.91 Å². The molecule has 0 aromatic heterocycles. The van der Waals surface area contributed by atoms with E-state index in [0.29, 0.717) is 11.8 Å². The maximum atomic E-state index is 12.6. The van der Waals surface area contributed by atoms with Crippen LogP contribution >= 0.6 is 0 Å². The molecule has 0 unspecified atom stereocenters. The first-order valence-corrected chi connectivity index (χ1v) is 8.35. The molecule has 0 aromatic carbocycles. The summed E-state index contributed by atoms with van der Waals surface area (Å²) in [5, 5.41) is 0. The lowest BCUT2D eigenvalue weighted by molar-refractivity contribution is -0.139. The summed E-state index contributed by atoms with van der Waals surface area (Å²) in [6.45, 7) is 8.96. The van der Waals surface area contributed by atoms with Gasteiger partial charge >= 0.3 is 0 Å². The predicted molar refractivity (Wildman–Crippen MR) is 80.6 cm³/mol. The average Bonchev–Trinajstić information content (AvgIpc) is 2.44. The van der Waals surface area contributed by atoms with Crippen molar-refractivity contribution in [3.05, 3.63) is 0 Å². The lowest BCUT2D eigenvalue weighted by Crippen LogP contribution is -2.59. The van der Waals surface area contributed by atoms with Gasteiger partial charge in [0.2, 0.25) is 5.91 Å². The molecule has 1 amide bonds. The maximum Gasteiger partial charge on any atom is 0.225 e. The number of hydrogen-bond acceptors (Lipinski definition) is 3. The van der Waals surface area contributed by atoms with Crippen LogP contribution < -0.4 is 0 Å². The molecule has 20 heavy (non-hydrogen) atoms. The van der Waals surface area contributed by atoms with Crippen LogP contribution in [0.5, 0.6) is 0 Å². The zero-order valence-electron chi connectivity index (χ0n) is 13.1. The lowest BCUT2D eigenvalue weighted by Gasteiger charge is -2.46. The van der Waals surface area contributed by atoms with E-state index < -0.39 is 0 Å². The summed E-state index contributed by atoms with van der Waals surface area (Å²) >= 11 is 0. The molecule has 0 N–H and O–H groups in total. The van der Waals surface area contributed by atoms with Gasteiger partial charge in [-0.15, -0.1) is 0 Å². The van der Waals surface area contributed by atoms with Crippen LogP contribution in [0.4, 0.5) is 0 Å². The number of carbonyl (C=O) groups excluding carboxylic acids is 1. The Kier molecular flexibility index (Phi) is 4.32. The van der Waals surface area contributed by atoms with Crippen LogP contribution in [0.25, 0.3) is 0 Å². The van der Waals surface area contributed by atoms with Crippen LogP contribution in [-0.4, -0.2) is 73.0 Å². The van der Waals surface area contributed by atoms with Crippen molar-refractivity contribution in [3.8, 4) is 0 Å². The topological polar surface area (TPSA) is 26.8 Å². The van der Waals surface area contributed by atoms with E-state index in [0.717, 1.165) is 51.0 Å². The van der Waals surface area contributed by atoms with Crippen LogP contribution in [0.2, 0.25) is 0 Å². The Balaban J connectivity index is 1.44. The third kappa shape index (κ3) is 3.01. The van der Waals surface area contributed by atoms with Crippen molar-refractivity contribution < 1.29 is 4.79 Å². The standard InChI is InChI=1S/C16H29N3O/c1-13-3-7-19(8-4-13)16(20)14-5-9-18(10-6-14)15-11-17(2)12-15/h13-15H,3-12H2,1-2H3. The first-order valence-electron chi connectivity index (χ1n) is 8.35. The van der Waals surface area contributed by atoms with E-state index in [1.165, 1.54) is 25.9 Å². The summed E-state index contributed by atoms with van der Waals surface area (Å²) in [6.07, 6.45) is 4.54. The molecule has 3 heterocycles. The average molecular weight is 279 g/mol. The lowest BCUT2D eigenvalue weighted by atomic mass is 9.91. The Morgan fingerprint density at radius 1 is 0.950 bits per heavy atom. The van der Waals surface area contributed by atoms with Crippen LogP contribution in [0, 0.1) is 11.8 Å². The fraction of sp³-hybridized carbons (Fsp3) is 0.938. The third-order valence-electron chi connectivity index (χ3n) is 5.54. The third-order valence-corrected chi connectivity index (χ3v) is 5.54. The van der Waals surface area contributed by atoms with Crippen LogP contribution in [0.15, 0.2) is 0 Å². The highest BCUT2D eigenvalue weighted by atomic mass is 16.2. The number of piperidine rings is 2. The largest absolute Gasteiger partial charge is 0.342 e. The highest BCUT2D eigenvalue weighted by Gasteiger charge is 2.35. The van der Waals surface area contributed by atoms with Crippen LogP contribution in [0.1, 0.15) is 32.6 Å². The smallest absolute Gasteiger partial charge is 0.225 e. The zero-order valence-corrected chi connectivity index (χ0v) is 13.1. The van der Waals surface area contributed by atoms with Gasteiger partial charge in [-0.1, -0.05) is 6.92 Å². The van der Waals surface area contributed by atoms with Crippen molar-refractivity contribution in [2.45, 2.75) is 38.6 Å². The molecular weight excluding hydrogens is 250 g/mol. The van der Waals surface area contributed by atoms with Crippen LogP contribution in [0.3, 0.4) is 0 Å². The van der Waals surface area contributed by atoms with E-state index >= 15 is 0 Å². The molecule has 0 bridgehead atoms. The molecule has 0 spiro atoms. The fourth-order valence-corrected chi connectivity index (χ4v) is 3.90. The summed E-state index contributed by atoms with van der Waals surface area (Å²) in [4.78, 5) is 19.7. The van der Waals surface area contributed by atoms with Crippen molar-refractivity contribution in [2.24, 2.45) is 11.8 Å². The highest BCUT2D eigenvalue weighted by molar-refractivity contribution is 5.79. The summed E-state index contributed by atoms with van der Waals surface area (Å²) in [7, 11) is 2.18. The zero-order chi connectivity index (χ0) is 14.1. The van der Waals surface area contributed by atoms with E-state index in [2.05, 4.69) is 28.7 Å². The van der Waals surface area contributed by atoms with Crippen molar-refractivity contribution in [2.75, 3.05) is 46.3 Å². The predicted octanol–water partition coefficient (Wildman–Crippen LogP) is 1.27. The Labute approximate surface area is 123 Å². The summed E-state index contributed by atoms with van der Waals surface area (Å²) in [5.74, 6) is 1.55. The molecule has 114 valence electrons. The van der Waals surface area contributed by atoms with Gasteiger partial charge in [-0.2, -0.15) is 0 Å². The molecular formula is C16H29N3O. The number of hydrogen-bond donors (Lipinski definition) is 0. The second-order valence-electron chi connectivity index (χ2n) is 7.19. The van der Waals surface area contributed by atoms with Gasteiger partial charge in [0.1, 0.15) is 0 Å². The molecule has 3 aliphatic heterocycles. The van der Waals surface area contributed by atoms with Gasteiger partial charge in [0.15, 0.2) is 0 Å². The van der Waals surface area contributed by atoms with Gasteiger partial charge in [0, 0.05) is 38.1 Å². The molecule has 4 nitrogen and oxygen atoms in total. The molecule has 0 saturated carbocycles. The molecule has 3 aliphatic rings. The quantitative estimate of drug-likeness (QED) is 0.762. The van der Waals surface area contributed by atoms with E-state index in [1.54, 1.807) is 0 Å².